The highest BCUT2D eigenvalue weighted by molar-refractivity contribution is 7.11. The maximum atomic E-state index is 13.0. The van der Waals surface area contributed by atoms with Crippen molar-refractivity contribution in [3.8, 4) is 0 Å². The number of rotatable bonds is 3. The first kappa shape index (κ1) is 14.6. The Labute approximate surface area is 134 Å². The molecule has 3 aliphatic rings. The monoisotopic (exact) mass is 322 g/mol. The molecule has 2 atom stereocenters. The van der Waals surface area contributed by atoms with Crippen LogP contribution < -0.4 is 0 Å². The van der Waals surface area contributed by atoms with Crippen LogP contribution in [-0.4, -0.2) is 53.8 Å². The number of hydrogen-bond acceptors (Lipinski definition) is 5. The maximum absolute atomic E-state index is 13.0. The number of amides is 1. The molecule has 120 valence electrons. The summed E-state index contributed by atoms with van der Waals surface area (Å²) in [6.07, 6.45) is 4.25. The van der Waals surface area contributed by atoms with Gasteiger partial charge >= 0.3 is 0 Å². The quantitative estimate of drug-likeness (QED) is 0.858. The molecule has 2 unspecified atom stereocenters. The number of aromatic nitrogens is 1. The molecule has 4 rings (SSSR count). The van der Waals surface area contributed by atoms with Gasteiger partial charge in [-0.1, -0.05) is 6.92 Å². The van der Waals surface area contributed by atoms with E-state index in [0.717, 1.165) is 30.0 Å². The minimum atomic E-state index is -0.293. The molecule has 0 N–H and O–H groups in total. The van der Waals surface area contributed by atoms with Crippen molar-refractivity contribution in [1.82, 2.24) is 9.88 Å². The molecule has 0 radical (unpaired) electrons. The van der Waals surface area contributed by atoms with E-state index >= 15 is 0 Å². The fourth-order valence-electron chi connectivity index (χ4n) is 3.47. The van der Waals surface area contributed by atoms with E-state index < -0.39 is 0 Å². The van der Waals surface area contributed by atoms with Gasteiger partial charge in [0.15, 0.2) is 0 Å². The van der Waals surface area contributed by atoms with E-state index in [1.807, 2.05) is 10.4 Å². The second-order valence-electron chi connectivity index (χ2n) is 6.66. The molecule has 0 bridgehead atoms. The van der Waals surface area contributed by atoms with Crippen molar-refractivity contribution in [3.05, 3.63) is 16.1 Å². The Morgan fingerprint density at radius 2 is 2.41 bits per heavy atom. The van der Waals surface area contributed by atoms with Gasteiger partial charge in [-0.15, -0.1) is 11.3 Å². The van der Waals surface area contributed by atoms with Crippen molar-refractivity contribution >= 4 is 17.2 Å². The molecule has 1 saturated carbocycles. The van der Waals surface area contributed by atoms with Gasteiger partial charge in [-0.2, -0.15) is 0 Å². The normalized spacial score (nSPS) is 31.9. The third kappa shape index (κ3) is 2.57. The Morgan fingerprint density at radius 3 is 3.09 bits per heavy atom. The molecule has 1 amide bonds. The first-order chi connectivity index (χ1) is 10.7. The summed E-state index contributed by atoms with van der Waals surface area (Å²) in [5.41, 5.74) is 2.54. The van der Waals surface area contributed by atoms with Crippen LogP contribution in [0.1, 0.15) is 53.9 Å². The van der Waals surface area contributed by atoms with Crippen molar-refractivity contribution in [2.45, 2.75) is 50.2 Å². The summed E-state index contributed by atoms with van der Waals surface area (Å²) < 4.78 is 11.8. The molecule has 2 aliphatic heterocycles. The zero-order chi connectivity index (χ0) is 15.2. The van der Waals surface area contributed by atoms with E-state index in [-0.39, 0.29) is 17.6 Å². The summed E-state index contributed by atoms with van der Waals surface area (Å²) >= 11 is 1.49. The van der Waals surface area contributed by atoms with Gasteiger partial charge in [-0.05, 0) is 19.3 Å². The van der Waals surface area contributed by atoms with E-state index in [4.69, 9.17) is 9.47 Å². The molecular weight excluding hydrogens is 300 g/mol. The van der Waals surface area contributed by atoms with Gasteiger partial charge in [-0.3, -0.25) is 4.79 Å². The van der Waals surface area contributed by atoms with Crippen LogP contribution in [-0.2, 0) is 9.47 Å². The third-order valence-corrected chi connectivity index (χ3v) is 5.71. The average Bonchev–Trinajstić information content (AvgIpc) is 3.10. The van der Waals surface area contributed by atoms with Gasteiger partial charge in [0.1, 0.15) is 10.5 Å². The van der Waals surface area contributed by atoms with Gasteiger partial charge in [0.25, 0.3) is 5.91 Å². The molecule has 1 aromatic rings. The third-order valence-electron chi connectivity index (χ3n) is 4.88. The fraction of sp³-hybridized carbons (Fsp3) is 0.750. The summed E-state index contributed by atoms with van der Waals surface area (Å²) in [4.78, 5) is 20.3. The first-order valence-electron chi connectivity index (χ1n) is 8.19. The molecule has 3 heterocycles. The Kier molecular flexibility index (Phi) is 3.71. The summed E-state index contributed by atoms with van der Waals surface area (Å²) in [7, 11) is 0. The maximum Gasteiger partial charge on any atom is 0.266 e. The second kappa shape index (κ2) is 5.58. The van der Waals surface area contributed by atoms with Crippen LogP contribution in [0, 0.1) is 0 Å². The molecule has 22 heavy (non-hydrogen) atoms. The van der Waals surface area contributed by atoms with Crippen molar-refractivity contribution in [3.63, 3.8) is 0 Å². The molecule has 2 saturated heterocycles. The SMILES string of the molecule is CCC1CN(C(=O)c2scnc2C2CC2)CC2(CCOC2)O1. The summed E-state index contributed by atoms with van der Waals surface area (Å²) in [6.45, 7) is 4.77. The molecule has 5 nitrogen and oxygen atoms in total. The van der Waals surface area contributed by atoms with Crippen LogP contribution in [0.15, 0.2) is 5.51 Å². The number of hydrogen-bond donors (Lipinski definition) is 0. The standard InChI is InChI=1S/C16H22N2O3S/c1-2-12-7-18(8-16(21-12)5-6-20-9-16)15(19)14-13(11-3-4-11)17-10-22-14/h10-12H,2-9H2,1H3. The van der Waals surface area contributed by atoms with Gasteiger partial charge < -0.3 is 14.4 Å². The summed E-state index contributed by atoms with van der Waals surface area (Å²) in [5, 5.41) is 0. The average molecular weight is 322 g/mol. The van der Waals surface area contributed by atoms with Gasteiger partial charge in [-0.25, -0.2) is 4.98 Å². The van der Waals surface area contributed by atoms with Crippen molar-refractivity contribution in [1.29, 1.82) is 0 Å². The predicted octanol–water partition coefficient (Wildman–Crippen LogP) is 2.43. The molecule has 6 heteroatoms. The van der Waals surface area contributed by atoms with Gasteiger partial charge in [0, 0.05) is 25.5 Å². The van der Waals surface area contributed by atoms with E-state index in [1.54, 1.807) is 0 Å². The Morgan fingerprint density at radius 1 is 1.55 bits per heavy atom. The lowest BCUT2D eigenvalue weighted by molar-refractivity contribution is -0.145. The van der Waals surface area contributed by atoms with E-state index in [9.17, 15) is 4.79 Å². The smallest absolute Gasteiger partial charge is 0.266 e. The molecule has 3 fully saturated rings. The van der Waals surface area contributed by atoms with E-state index in [0.29, 0.717) is 25.6 Å². The zero-order valence-corrected chi connectivity index (χ0v) is 13.7. The highest BCUT2D eigenvalue weighted by Gasteiger charge is 2.45. The van der Waals surface area contributed by atoms with Crippen LogP contribution in [0.3, 0.4) is 0 Å². The van der Waals surface area contributed by atoms with Crippen LogP contribution in [0.2, 0.25) is 0 Å². The largest absolute Gasteiger partial charge is 0.378 e. The number of carbonyl (C=O) groups excluding carboxylic acids is 1. The minimum Gasteiger partial charge on any atom is -0.378 e. The van der Waals surface area contributed by atoms with Crippen LogP contribution >= 0.6 is 11.3 Å². The second-order valence-corrected chi connectivity index (χ2v) is 7.52. The first-order valence-corrected chi connectivity index (χ1v) is 9.07. The zero-order valence-electron chi connectivity index (χ0n) is 12.9. The predicted molar refractivity (Wildman–Crippen MR) is 83.3 cm³/mol. The van der Waals surface area contributed by atoms with Crippen LogP contribution in [0.25, 0.3) is 0 Å². The number of carbonyl (C=O) groups is 1. The number of morpholine rings is 1. The number of thiazole rings is 1. The Bertz CT molecular complexity index is 563. The number of nitrogens with zero attached hydrogens (tertiary/aromatic N) is 2. The summed E-state index contributed by atoms with van der Waals surface area (Å²) in [5.74, 6) is 0.648. The lowest BCUT2D eigenvalue weighted by Crippen LogP contribution is -2.57. The highest BCUT2D eigenvalue weighted by atomic mass is 32.1. The van der Waals surface area contributed by atoms with Crippen LogP contribution in [0.4, 0.5) is 0 Å². The van der Waals surface area contributed by atoms with Gasteiger partial charge in [0.2, 0.25) is 0 Å². The topological polar surface area (TPSA) is 51.7 Å². The molecule has 1 aliphatic carbocycles. The minimum absolute atomic E-state index is 0.108. The molecule has 1 spiro atoms. The Balaban J connectivity index is 1.57. The molecule has 0 aromatic carbocycles. The van der Waals surface area contributed by atoms with Crippen LogP contribution in [0.5, 0.6) is 0 Å². The lowest BCUT2D eigenvalue weighted by atomic mass is 9.98. The Hall–Kier alpha value is -0.980. The van der Waals surface area contributed by atoms with Crippen molar-refractivity contribution < 1.29 is 14.3 Å². The summed E-state index contributed by atoms with van der Waals surface area (Å²) in [6, 6.07) is 0. The van der Waals surface area contributed by atoms with E-state index in [1.165, 1.54) is 24.2 Å². The molecular formula is C16H22N2O3S. The van der Waals surface area contributed by atoms with Crippen molar-refractivity contribution in [2.75, 3.05) is 26.3 Å². The lowest BCUT2D eigenvalue weighted by Gasteiger charge is -2.43. The van der Waals surface area contributed by atoms with E-state index in [2.05, 4.69) is 11.9 Å². The number of ether oxygens (including phenoxy) is 2. The van der Waals surface area contributed by atoms with Crippen molar-refractivity contribution in [2.24, 2.45) is 0 Å². The molecule has 1 aromatic heterocycles. The van der Waals surface area contributed by atoms with Gasteiger partial charge in [0.05, 0.1) is 30.5 Å². The highest BCUT2D eigenvalue weighted by Crippen LogP contribution is 2.42. The fourth-order valence-corrected chi connectivity index (χ4v) is 4.31.